The fourth-order valence-electron chi connectivity index (χ4n) is 2.53. The number of aryl methyl sites for hydroxylation is 1. The van der Waals surface area contributed by atoms with Crippen LogP contribution in [0.15, 0.2) is 24.3 Å². The van der Waals surface area contributed by atoms with Crippen LogP contribution in [0, 0.1) is 12.8 Å². The monoisotopic (exact) mass is 260 g/mol. The predicted molar refractivity (Wildman–Crippen MR) is 77.9 cm³/mol. The van der Waals surface area contributed by atoms with Gasteiger partial charge in [-0.25, -0.2) is 0 Å². The van der Waals surface area contributed by atoms with Crippen molar-refractivity contribution in [2.24, 2.45) is 5.92 Å². The van der Waals surface area contributed by atoms with Gasteiger partial charge in [-0.05, 0) is 44.3 Å². The molecule has 2 rings (SSSR count). The zero-order valence-electron chi connectivity index (χ0n) is 12.0. The molecule has 1 aliphatic heterocycles. The molecule has 0 radical (unpaired) electrons. The maximum absolute atomic E-state index is 12.1. The van der Waals surface area contributed by atoms with E-state index in [0.29, 0.717) is 18.9 Å². The maximum atomic E-state index is 12.1. The largest absolute Gasteiger partial charge is 0.341 e. The molecule has 1 N–H and O–H groups in total. The van der Waals surface area contributed by atoms with Gasteiger partial charge < -0.3 is 10.2 Å². The van der Waals surface area contributed by atoms with Gasteiger partial charge in [-0.1, -0.05) is 29.8 Å². The first-order valence-electron chi connectivity index (χ1n) is 7.15. The smallest absolute Gasteiger partial charge is 0.222 e. The van der Waals surface area contributed by atoms with Gasteiger partial charge >= 0.3 is 0 Å². The summed E-state index contributed by atoms with van der Waals surface area (Å²) in [7, 11) is 1.90. The van der Waals surface area contributed by atoms with Gasteiger partial charge in [0.05, 0.1) is 0 Å². The standard InChI is InChI=1S/C16H24N2O/c1-13-3-5-15(6-4-13)12-18(2)16(19)8-7-14-9-10-17-11-14/h3-6,14,17H,7-12H2,1-2H3. The van der Waals surface area contributed by atoms with Crippen LogP contribution in [0.4, 0.5) is 0 Å². The van der Waals surface area contributed by atoms with Gasteiger partial charge in [0, 0.05) is 20.0 Å². The number of carbonyl (C=O) groups excluding carboxylic acids is 1. The second-order valence-corrected chi connectivity index (χ2v) is 5.63. The van der Waals surface area contributed by atoms with Crippen molar-refractivity contribution >= 4 is 5.91 Å². The van der Waals surface area contributed by atoms with E-state index in [4.69, 9.17) is 0 Å². The summed E-state index contributed by atoms with van der Waals surface area (Å²) in [6.07, 6.45) is 2.91. The fourth-order valence-corrected chi connectivity index (χ4v) is 2.53. The first-order chi connectivity index (χ1) is 9.15. The van der Waals surface area contributed by atoms with E-state index in [-0.39, 0.29) is 5.91 Å². The van der Waals surface area contributed by atoms with Crippen LogP contribution in [0.1, 0.15) is 30.4 Å². The molecule has 0 aromatic heterocycles. The lowest BCUT2D eigenvalue weighted by Gasteiger charge is -2.18. The number of carbonyl (C=O) groups is 1. The maximum Gasteiger partial charge on any atom is 0.222 e. The van der Waals surface area contributed by atoms with Crippen molar-refractivity contribution in [1.29, 1.82) is 0 Å². The minimum absolute atomic E-state index is 0.257. The minimum atomic E-state index is 0.257. The van der Waals surface area contributed by atoms with Crippen LogP contribution in [0.5, 0.6) is 0 Å². The van der Waals surface area contributed by atoms with Crippen molar-refractivity contribution in [2.75, 3.05) is 20.1 Å². The Hall–Kier alpha value is -1.35. The Labute approximate surface area is 116 Å². The van der Waals surface area contributed by atoms with Crippen LogP contribution in [0.25, 0.3) is 0 Å². The molecular formula is C16H24N2O. The Morgan fingerprint density at radius 3 is 2.74 bits per heavy atom. The molecule has 104 valence electrons. The normalized spacial score (nSPS) is 18.5. The number of hydrogen-bond donors (Lipinski definition) is 1. The lowest BCUT2D eigenvalue weighted by Crippen LogP contribution is -2.26. The number of rotatable bonds is 5. The Kier molecular flexibility index (Phi) is 4.97. The zero-order chi connectivity index (χ0) is 13.7. The number of benzene rings is 1. The van der Waals surface area contributed by atoms with E-state index in [1.54, 1.807) is 0 Å². The third-order valence-electron chi connectivity index (χ3n) is 3.89. The molecule has 19 heavy (non-hydrogen) atoms. The fraction of sp³-hybridized carbons (Fsp3) is 0.562. The summed E-state index contributed by atoms with van der Waals surface area (Å²) < 4.78 is 0. The third kappa shape index (κ3) is 4.35. The van der Waals surface area contributed by atoms with Gasteiger partial charge in [0.1, 0.15) is 0 Å². The molecule has 1 aliphatic rings. The number of nitrogens with zero attached hydrogens (tertiary/aromatic N) is 1. The quantitative estimate of drug-likeness (QED) is 0.881. The van der Waals surface area contributed by atoms with E-state index in [1.165, 1.54) is 17.5 Å². The Morgan fingerprint density at radius 1 is 1.37 bits per heavy atom. The molecule has 1 aromatic carbocycles. The molecular weight excluding hydrogens is 236 g/mol. The van der Waals surface area contributed by atoms with Crippen molar-refractivity contribution in [2.45, 2.75) is 32.7 Å². The Balaban J connectivity index is 1.76. The molecule has 1 saturated heterocycles. The van der Waals surface area contributed by atoms with Crippen LogP contribution in [0.3, 0.4) is 0 Å². The van der Waals surface area contributed by atoms with E-state index in [9.17, 15) is 4.79 Å². The molecule has 3 heteroatoms. The second-order valence-electron chi connectivity index (χ2n) is 5.63. The second kappa shape index (κ2) is 6.71. The highest BCUT2D eigenvalue weighted by molar-refractivity contribution is 5.75. The molecule has 0 spiro atoms. The van der Waals surface area contributed by atoms with Gasteiger partial charge in [0.15, 0.2) is 0 Å². The number of nitrogens with one attached hydrogen (secondary N) is 1. The highest BCUT2D eigenvalue weighted by Crippen LogP contribution is 2.15. The van der Waals surface area contributed by atoms with E-state index in [0.717, 1.165) is 19.5 Å². The van der Waals surface area contributed by atoms with Crippen molar-refractivity contribution in [3.63, 3.8) is 0 Å². The lowest BCUT2D eigenvalue weighted by atomic mass is 10.0. The summed E-state index contributed by atoms with van der Waals surface area (Å²) in [6.45, 7) is 4.98. The molecule has 1 atom stereocenters. The highest BCUT2D eigenvalue weighted by Gasteiger charge is 2.17. The van der Waals surface area contributed by atoms with Gasteiger partial charge in [0.2, 0.25) is 5.91 Å². The summed E-state index contributed by atoms with van der Waals surface area (Å²) >= 11 is 0. The first kappa shape index (κ1) is 14.1. The van der Waals surface area contributed by atoms with Gasteiger partial charge in [-0.2, -0.15) is 0 Å². The van der Waals surface area contributed by atoms with E-state index in [1.807, 2.05) is 11.9 Å². The summed E-state index contributed by atoms with van der Waals surface area (Å²) in [4.78, 5) is 13.9. The van der Waals surface area contributed by atoms with Crippen LogP contribution < -0.4 is 5.32 Å². The molecule has 0 aliphatic carbocycles. The summed E-state index contributed by atoms with van der Waals surface area (Å²) in [5.41, 5.74) is 2.45. The van der Waals surface area contributed by atoms with Crippen molar-refractivity contribution < 1.29 is 4.79 Å². The number of hydrogen-bond acceptors (Lipinski definition) is 2. The topological polar surface area (TPSA) is 32.3 Å². The van der Waals surface area contributed by atoms with E-state index >= 15 is 0 Å². The van der Waals surface area contributed by atoms with Crippen LogP contribution in [0.2, 0.25) is 0 Å². The van der Waals surface area contributed by atoms with Gasteiger partial charge in [-0.3, -0.25) is 4.79 Å². The molecule has 1 fully saturated rings. The predicted octanol–water partition coefficient (Wildman–Crippen LogP) is 2.34. The highest BCUT2D eigenvalue weighted by atomic mass is 16.2. The van der Waals surface area contributed by atoms with E-state index in [2.05, 4.69) is 36.5 Å². The lowest BCUT2D eigenvalue weighted by molar-refractivity contribution is -0.130. The number of amides is 1. The van der Waals surface area contributed by atoms with E-state index < -0.39 is 0 Å². The average molecular weight is 260 g/mol. The third-order valence-corrected chi connectivity index (χ3v) is 3.89. The molecule has 0 saturated carbocycles. The van der Waals surface area contributed by atoms with Crippen LogP contribution in [-0.4, -0.2) is 30.9 Å². The average Bonchev–Trinajstić information content (AvgIpc) is 2.91. The molecule has 1 amide bonds. The summed E-state index contributed by atoms with van der Waals surface area (Å²) in [5, 5.41) is 3.35. The Morgan fingerprint density at radius 2 is 2.11 bits per heavy atom. The molecule has 1 aromatic rings. The van der Waals surface area contributed by atoms with Crippen LogP contribution in [-0.2, 0) is 11.3 Å². The van der Waals surface area contributed by atoms with Gasteiger partial charge in [-0.15, -0.1) is 0 Å². The molecule has 0 bridgehead atoms. The SMILES string of the molecule is Cc1ccc(CN(C)C(=O)CCC2CCNC2)cc1. The minimum Gasteiger partial charge on any atom is -0.341 e. The zero-order valence-corrected chi connectivity index (χ0v) is 12.0. The summed E-state index contributed by atoms with van der Waals surface area (Å²) in [6, 6.07) is 8.38. The van der Waals surface area contributed by atoms with Crippen molar-refractivity contribution in [3.8, 4) is 0 Å². The van der Waals surface area contributed by atoms with Crippen LogP contribution >= 0.6 is 0 Å². The van der Waals surface area contributed by atoms with Gasteiger partial charge in [0.25, 0.3) is 0 Å². The molecule has 1 unspecified atom stereocenters. The molecule has 1 heterocycles. The summed E-state index contributed by atoms with van der Waals surface area (Å²) in [5.74, 6) is 0.948. The molecule has 3 nitrogen and oxygen atoms in total. The van der Waals surface area contributed by atoms with Crippen molar-refractivity contribution in [3.05, 3.63) is 35.4 Å². The van der Waals surface area contributed by atoms with Crippen molar-refractivity contribution in [1.82, 2.24) is 10.2 Å². The Bertz CT molecular complexity index is 407. The first-order valence-corrected chi connectivity index (χ1v) is 7.15.